The summed E-state index contributed by atoms with van der Waals surface area (Å²) in [5.74, 6) is 0.565. The smallest absolute Gasteiger partial charge is 0.121 e. The molecule has 0 aliphatic heterocycles. The molecule has 0 aliphatic carbocycles. The zero-order valence-electron chi connectivity index (χ0n) is 18.5. The van der Waals surface area contributed by atoms with Gasteiger partial charge in [-0.2, -0.15) is 0 Å². The second kappa shape index (κ2) is 11.0. The van der Waals surface area contributed by atoms with Gasteiger partial charge in [0.2, 0.25) is 0 Å². The van der Waals surface area contributed by atoms with Crippen LogP contribution in [-0.2, 0) is 12.8 Å². The van der Waals surface area contributed by atoms with Gasteiger partial charge in [-0.25, -0.2) is 0 Å². The summed E-state index contributed by atoms with van der Waals surface area (Å²) in [6.45, 7) is 13.9. The number of phenols is 1. The highest BCUT2D eigenvalue weighted by atomic mass is 16.3. The summed E-state index contributed by atoms with van der Waals surface area (Å²) in [5.41, 5.74) is 3.20. The van der Waals surface area contributed by atoms with Crippen molar-refractivity contribution in [3.8, 4) is 5.75 Å². The Hall–Kier alpha value is -0.980. The first-order valence-corrected chi connectivity index (χ1v) is 10.9. The van der Waals surface area contributed by atoms with Crippen molar-refractivity contribution >= 4 is 0 Å². The number of phenolic OH excluding ortho intramolecular Hbond substituents is 1. The van der Waals surface area contributed by atoms with Crippen LogP contribution >= 0.6 is 0 Å². The van der Waals surface area contributed by atoms with E-state index in [-0.39, 0.29) is 0 Å². The van der Waals surface area contributed by atoms with Crippen molar-refractivity contribution in [1.82, 2.24) is 0 Å². The Kier molecular flexibility index (Phi) is 9.75. The van der Waals surface area contributed by atoms with E-state index in [1.807, 2.05) is 0 Å². The number of hydrogen-bond acceptors (Lipinski definition) is 1. The lowest BCUT2D eigenvalue weighted by Crippen LogP contribution is -2.08. The maximum absolute atomic E-state index is 10.6. The van der Waals surface area contributed by atoms with E-state index in [4.69, 9.17) is 0 Å². The molecule has 0 saturated heterocycles. The maximum Gasteiger partial charge on any atom is 0.121 e. The van der Waals surface area contributed by atoms with Gasteiger partial charge >= 0.3 is 0 Å². The number of para-hydroxylation sites is 1. The predicted molar refractivity (Wildman–Crippen MR) is 116 cm³/mol. The molecule has 0 amide bonds. The van der Waals surface area contributed by atoms with Crippen LogP contribution < -0.4 is 0 Å². The fraction of sp³-hybridized carbons (Fsp3) is 0.760. The molecule has 0 unspecified atom stereocenters. The van der Waals surface area contributed by atoms with E-state index < -0.39 is 0 Å². The van der Waals surface area contributed by atoms with Gasteiger partial charge in [0, 0.05) is 0 Å². The number of unbranched alkanes of at least 4 members (excludes halogenated alkanes) is 4. The summed E-state index contributed by atoms with van der Waals surface area (Å²) >= 11 is 0. The van der Waals surface area contributed by atoms with Crippen LogP contribution in [0.25, 0.3) is 0 Å². The molecule has 1 nitrogen and oxygen atoms in total. The van der Waals surface area contributed by atoms with Crippen LogP contribution in [0.3, 0.4) is 0 Å². The molecule has 1 N–H and O–H groups in total. The third-order valence-corrected chi connectivity index (χ3v) is 5.83. The van der Waals surface area contributed by atoms with Crippen LogP contribution in [0.15, 0.2) is 18.2 Å². The van der Waals surface area contributed by atoms with Crippen LogP contribution in [-0.4, -0.2) is 5.11 Å². The van der Waals surface area contributed by atoms with Gasteiger partial charge in [0.05, 0.1) is 0 Å². The fourth-order valence-corrected chi connectivity index (χ4v) is 3.47. The van der Waals surface area contributed by atoms with E-state index in [0.29, 0.717) is 16.6 Å². The van der Waals surface area contributed by atoms with Gasteiger partial charge in [0.1, 0.15) is 5.75 Å². The van der Waals surface area contributed by atoms with Gasteiger partial charge in [-0.3, -0.25) is 0 Å². The lowest BCUT2D eigenvalue weighted by atomic mass is 9.84. The first kappa shape index (κ1) is 23.1. The molecule has 0 saturated carbocycles. The highest BCUT2D eigenvalue weighted by molar-refractivity contribution is 5.40. The van der Waals surface area contributed by atoms with Crippen molar-refractivity contribution < 1.29 is 5.11 Å². The maximum atomic E-state index is 10.6. The molecule has 1 rings (SSSR count). The first-order valence-electron chi connectivity index (χ1n) is 10.9. The number of aryl methyl sites for hydroxylation is 2. The van der Waals surface area contributed by atoms with Gasteiger partial charge in [0.15, 0.2) is 0 Å². The Bertz CT molecular complexity index is 507. The Morgan fingerprint density at radius 3 is 1.77 bits per heavy atom. The van der Waals surface area contributed by atoms with E-state index >= 15 is 0 Å². The Labute approximate surface area is 163 Å². The van der Waals surface area contributed by atoms with Crippen molar-refractivity contribution in [2.45, 2.75) is 112 Å². The molecule has 26 heavy (non-hydrogen) atoms. The zero-order valence-corrected chi connectivity index (χ0v) is 18.5. The Morgan fingerprint density at radius 2 is 1.23 bits per heavy atom. The monoisotopic (exact) mass is 360 g/mol. The molecule has 0 radical (unpaired) electrons. The van der Waals surface area contributed by atoms with Crippen LogP contribution in [0.5, 0.6) is 5.75 Å². The average molecular weight is 361 g/mol. The lowest BCUT2D eigenvalue weighted by Gasteiger charge is -2.22. The fourth-order valence-electron chi connectivity index (χ4n) is 3.47. The summed E-state index contributed by atoms with van der Waals surface area (Å²) in [4.78, 5) is 0. The van der Waals surface area contributed by atoms with Crippen molar-refractivity contribution in [3.63, 3.8) is 0 Å². The largest absolute Gasteiger partial charge is 0.507 e. The second-order valence-electron chi connectivity index (χ2n) is 10.1. The van der Waals surface area contributed by atoms with Crippen molar-refractivity contribution in [3.05, 3.63) is 29.3 Å². The molecule has 1 aromatic carbocycles. The Balaban J connectivity index is 2.33. The van der Waals surface area contributed by atoms with Gasteiger partial charge in [0.25, 0.3) is 0 Å². The predicted octanol–water partition coefficient (Wildman–Crippen LogP) is 8.08. The minimum atomic E-state index is 0.413. The molecular formula is C25H44O. The van der Waals surface area contributed by atoms with Gasteiger partial charge < -0.3 is 5.11 Å². The van der Waals surface area contributed by atoms with Crippen molar-refractivity contribution in [2.24, 2.45) is 10.8 Å². The van der Waals surface area contributed by atoms with Crippen LogP contribution in [0, 0.1) is 10.8 Å². The zero-order chi connectivity index (χ0) is 19.6. The molecule has 0 bridgehead atoms. The molecule has 150 valence electrons. The number of hydrogen-bond donors (Lipinski definition) is 1. The van der Waals surface area contributed by atoms with E-state index in [1.165, 1.54) is 57.8 Å². The molecule has 0 aromatic heterocycles. The van der Waals surface area contributed by atoms with E-state index in [0.717, 1.165) is 24.0 Å². The van der Waals surface area contributed by atoms with Gasteiger partial charge in [-0.05, 0) is 60.5 Å². The molecule has 0 fully saturated rings. The minimum absolute atomic E-state index is 0.413. The van der Waals surface area contributed by atoms with Gasteiger partial charge in [-0.15, -0.1) is 0 Å². The second-order valence-corrected chi connectivity index (χ2v) is 10.1. The number of rotatable bonds is 12. The number of benzene rings is 1. The highest BCUT2D eigenvalue weighted by Gasteiger charge is 2.14. The third-order valence-electron chi connectivity index (χ3n) is 5.83. The first-order chi connectivity index (χ1) is 12.1. The van der Waals surface area contributed by atoms with Crippen LogP contribution in [0.1, 0.15) is 110 Å². The molecule has 0 heterocycles. The van der Waals surface area contributed by atoms with Crippen molar-refractivity contribution in [1.29, 1.82) is 0 Å². The molecule has 0 atom stereocenters. The minimum Gasteiger partial charge on any atom is -0.507 e. The molecule has 1 heteroatoms. The van der Waals surface area contributed by atoms with Gasteiger partial charge in [-0.1, -0.05) is 91.8 Å². The van der Waals surface area contributed by atoms with E-state index in [9.17, 15) is 5.11 Å². The van der Waals surface area contributed by atoms with E-state index in [1.54, 1.807) is 0 Å². The van der Waals surface area contributed by atoms with E-state index in [2.05, 4.69) is 59.7 Å². The van der Waals surface area contributed by atoms with Crippen molar-refractivity contribution in [2.75, 3.05) is 0 Å². The molecule has 1 aromatic rings. The molecule has 0 spiro atoms. The summed E-state index contributed by atoms with van der Waals surface area (Å²) in [7, 11) is 0. The highest BCUT2D eigenvalue weighted by Crippen LogP contribution is 2.29. The SMILES string of the molecule is CCC(C)(C)CCCCCCc1cccc(CCCCC(C)(C)C)c1O. The van der Waals surface area contributed by atoms with Crippen LogP contribution in [0.2, 0.25) is 0 Å². The standard InChI is InChI=1S/C25H44O/c1-7-25(5,6)20-12-9-8-10-15-21-17-14-18-22(23(21)26)16-11-13-19-24(2,3)4/h14,17-18,26H,7-13,15-16,19-20H2,1-6H3. The lowest BCUT2D eigenvalue weighted by molar-refractivity contribution is 0.307. The average Bonchev–Trinajstić information content (AvgIpc) is 2.56. The number of aromatic hydroxyl groups is 1. The summed E-state index contributed by atoms with van der Waals surface area (Å²) < 4.78 is 0. The molecular weight excluding hydrogens is 316 g/mol. The topological polar surface area (TPSA) is 20.2 Å². The van der Waals surface area contributed by atoms with Crippen LogP contribution in [0.4, 0.5) is 0 Å². The molecule has 0 aliphatic rings. The summed E-state index contributed by atoms with van der Waals surface area (Å²) in [5, 5.41) is 10.6. The normalized spacial score (nSPS) is 12.5. The quantitative estimate of drug-likeness (QED) is 0.373. The Morgan fingerprint density at radius 1 is 0.731 bits per heavy atom. The summed E-state index contributed by atoms with van der Waals surface area (Å²) in [6.07, 6.45) is 13.4. The third kappa shape index (κ3) is 9.64. The summed E-state index contributed by atoms with van der Waals surface area (Å²) in [6, 6.07) is 6.33.